The molecule has 1 saturated heterocycles. The molecule has 0 radical (unpaired) electrons. The Morgan fingerprint density at radius 2 is 1.07 bits per heavy atom. The van der Waals surface area contributed by atoms with Crippen LogP contribution in [-0.4, -0.2) is 22.4 Å². The van der Waals surface area contributed by atoms with Crippen molar-refractivity contribution in [1.82, 2.24) is 9.34 Å². The highest BCUT2D eigenvalue weighted by Gasteiger charge is 2.46. The molecule has 2 aliphatic rings. The average Bonchev–Trinajstić information content (AvgIpc) is 2.92. The highest BCUT2D eigenvalue weighted by Crippen LogP contribution is 2.87. The Kier molecular flexibility index (Phi) is 6.80. The lowest BCUT2D eigenvalue weighted by Gasteiger charge is -2.35. The lowest BCUT2D eigenvalue weighted by atomic mass is 10.2. The van der Waals surface area contributed by atoms with Crippen LogP contribution < -0.4 is 0 Å². The Morgan fingerprint density at radius 1 is 0.667 bits per heavy atom. The van der Waals surface area contributed by atoms with Gasteiger partial charge in [-0.1, -0.05) is 24.3 Å². The standard InChI is InChI=1S/C16H16Cl4F2N5P3/c17-28(18)23-29(19,20)25-30(24-28)26(11-13-1-5-15(21)6-2-13)9-10-27(30)12-14-3-7-16(22)8-4-14/h1-8H,9-12H2. The van der Waals surface area contributed by atoms with E-state index in [1.54, 1.807) is 24.3 Å². The van der Waals surface area contributed by atoms with E-state index in [0.29, 0.717) is 26.2 Å². The fourth-order valence-corrected chi connectivity index (χ4v) is 19.7. The maximum absolute atomic E-state index is 13.3. The number of hydrogen-bond donors (Lipinski definition) is 0. The molecular formula is C16H16Cl4F2N5P3. The number of rotatable bonds is 4. The number of halogens is 6. The lowest BCUT2D eigenvalue weighted by molar-refractivity contribution is 0.457. The van der Waals surface area contributed by atoms with E-state index in [1.165, 1.54) is 24.3 Å². The highest BCUT2D eigenvalue weighted by molar-refractivity contribution is 8.20. The van der Waals surface area contributed by atoms with Crippen molar-refractivity contribution in [2.24, 2.45) is 13.5 Å². The van der Waals surface area contributed by atoms with Crippen LogP contribution in [0.25, 0.3) is 0 Å². The summed E-state index contributed by atoms with van der Waals surface area (Å²) in [7, 11) is -2.85. The summed E-state index contributed by atoms with van der Waals surface area (Å²) in [6.07, 6.45) is 0. The Morgan fingerprint density at radius 3 is 1.47 bits per heavy atom. The van der Waals surface area contributed by atoms with Gasteiger partial charge in [0.25, 0.3) is 11.8 Å². The van der Waals surface area contributed by atoms with Crippen LogP contribution in [0, 0.1) is 11.6 Å². The molecule has 2 aliphatic heterocycles. The molecular weight excluding hydrogens is 535 g/mol. The molecule has 5 nitrogen and oxygen atoms in total. The fourth-order valence-electron chi connectivity index (χ4n) is 3.33. The van der Waals surface area contributed by atoms with Gasteiger partial charge in [-0.25, -0.2) is 18.1 Å². The minimum atomic E-state index is -3.14. The van der Waals surface area contributed by atoms with Gasteiger partial charge in [-0.3, -0.25) is 0 Å². The van der Waals surface area contributed by atoms with Crippen molar-refractivity contribution < 1.29 is 8.78 Å². The first-order valence-electron chi connectivity index (χ1n) is 8.77. The minimum Gasteiger partial charge on any atom is -0.234 e. The molecule has 2 aromatic carbocycles. The van der Waals surface area contributed by atoms with E-state index in [4.69, 9.17) is 54.0 Å². The predicted molar refractivity (Wildman–Crippen MR) is 125 cm³/mol. The quantitative estimate of drug-likeness (QED) is 0.356. The van der Waals surface area contributed by atoms with Gasteiger partial charge in [0.15, 0.2) is 0 Å². The van der Waals surface area contributed by atoms with Gasteiger partial charge in [0.2, 0.25) is 7.51 Å². The van der Waals surface area contributed by atoms with Crippen molar-refractivity contribution >= 4 is 64.3 Å². The van der Waals surface area contributed by atoms with Crippen LogP contribution in [0.15, 0.2) is 62.1 Å². The van der Waals surface area contributed by atoms with E-state index in [1.807, 2.05) is 0 Å². The second-order valence-electron chi connectivity index (χ2n) is 6.75. The molecule has 0 unspecified atom stereocenters. The monoisotopic (exact) mass is 549 g/mol. The second-order valence-corrected chi connectivity index (χ2v) is 19.6. The Balaban J connectivity index is 1.77. The molecule has 1 spiro atoms. The molecule has 0 aliphatic carbocycles. The Bertz CT molecular complexity index is 1050. The molecule has 30 heavy (non-hydrogen) atoms. The number of hydrogen-bond acceptors (Lipinski definition) is 5. The van der Waals surface area contributed by atoms with Crippen molar-refractivity contribution in [1.29, 1.82) is 0 Å². The lowest BCUT2D eigenvalue weighted by Crippen LogP contribution is -2.18. The average molecular weight is 551 g/mol. The first kappa shape index (κ1) is 23.2. The van der Waals surface area contributed by atoms with Gasteiger partial charge >= 0.3 is 0 Å². The van der Waals surface area contributed by atoms with Gasteiger partial charge < -0.3 is 0 Å². The SMILES string of the molecule is Fc1ccc(CN2CCN(Cc3ccc(F)cc3)P23=NP(Cl)(Cl)=NP(Cl)(Cl)=N3)cc1. The van der Waals surface area contributed by atoms with E-state index in [9.17, 15) is 8.78 Å². The minimum absolute atomic E-state index is 0.314. The molecule has 0 saturated carbocycles. The zero-order chi connectivity index (χ0) is 21.6. The second kappa shape index (κ2) is 8.78. The number of nitrogens with zero attached hydrogens (tertiary/aromatic N) is 5. The summed E-state index contributed by atoms with van der Waals surface area (Å²) in [5.41, 5.74) is 1.77. The Labute approximate surface area is 192 Å². The highest BCUT2D eigenvalue weighted by atomic mass is 35.9. The smallest absolute Gasteiger partial charge is 0.234 e. The van der Waals surface area contributed by atoms with E-state index in [0.717, 1.165) is 11.1 Å². The third-order valence-electron chi connectivity index (χ3n) is 4.60. The number of benzene rings is 2. The van der Waals surface area contributed by atoms with E-state index >= 15 is 0 Å². The third kappa shape index (κ3) is 5.17. The summed E-state index contributed by atoms with van der Waals surface area (Å²) in [4.78, 5) is 0. The van der Waals surface area contributed by atoms with Crippen molar-refractivity contribution in [2.45, 2.75) is 13.1 Å². The molecule has 162 valence electrons. The van der Waals surface area contributed by atoms with Crippen molar-refractivity contribution in [3.05, 3.63) is 71.3 Å². The maximum atomic E-state index is 13.3. The van der Waals surface area contributed by atoms with Crippen LogP contribution in [0.3, 0.4) is 0 Å². The molecule has 14 heteroatoms. The molecule has 0 N–H and O–H groups in total. The maximum Gasteiger partial charge on any atom is 0.257 e. The van der Waals surface area contributed by atoms with Gasteiger partial charge in [-0.15, -0.1) is 0 Å². The first-order chi connectivity index (χ1) is 14.1. The normalized spacial score (nSPS) is 22.3. The van der Waals surface area contributed by atoms with Crippen molar-refractivity contribution in [3.8, 4) is 0 Å². The summed E-state index contributed by atoms with van der Waals surface area (Å²) >= 11 is 25.7. The van der Waals surface area contributed by atoms with E-state index < -0.39 is 19.3 Å². The van der Waals surface area contributed by atoms with Crippen molar-refractivity contribution in [2.75, 3.05) is 13.1 Å². The predicted octanol–water partition coefficient (Wildman–Crippen LogP) is 9.09. The molecule has 0 atom stereocenters. The van der Waals surface area contributed by atoms with Crippen molar-refractivity contribution in [3.63, 3.8) is 0 Å². The summed E-state index contributed by atoms with van der Waals surface area (Å²) in [5, 5.41) is 0. The largest absolute Gasteiger partial charge is 0.257 e. The topological polar surface area (TPSA) is 43.6 Å². The Hall–Kier alpha value is 0.0700. The van der Waals surface area contributed by atoms with E-state index in [2.05, 4.69) is 13.9 Å². The molecule has 0 amide bonds. The molecule has 0 aromatic heterocycles. The summed E-state index contributed by atoms with van der Waals surface area (Å²) in [6, 6.07) is 12.4. The van der Waals surface area contributed by atoms with Gasteiger partial charge in [0.1, 0.15) is 11.6 Å². The molecule has 4 rings (SSSR count). The van der Waals surface area contributed by atoms with Crippen LogP contribution >= 0.6 is 64.3 Å². The molecule has 1 fully saturated rings. The fraction of sp³-hybridized carbons (Fsp3) is 0.250. The van der Waals surface area contributed by atoms with Gasteiger partial charge in [0, 0.05) is 26.2 Å². The molecule has 0 bridgehead atoms. The molecule has 2 aromatic rings. The van der Waals surface area contributed by atoms with Gasteiger partial charge in [-0.2, -0.15) is 13.5 Å². The van der Waals surface area contributed by atoms with Crippen LogP contribution in [0.5, 0.6) is 0 Å². The third-order valence-corrected chi connectivity index (χ3v) is 17.0. The van der Waals surface area contributed by atoms with Crippen LogP contribution in [-0.2, 0) is 13.1 Å². The summed E-state index contributed by atoms with van der Waals surface area (Å²) < 4.78 is 44.3. The van der Waals surface area contributed by atoms with Crippen LogP contribution in [0.4, 0.5) is 8.78 Å². The van der Waals surface area contributed by atoms with Gasteiger partial charge in [0.05, 0.1) is 0 Å². The van der Waals surface area contributed by atoms with Crippen LogP contribution in [0.2, 0.25) is 0 Å². The van der Waals surface area contributed by atoms with Gasteiger partial charge in [-0.05, 0) is 80.4 Å². The van der Waals surface area contributed by atoms with Crippen LogP contribution in [0.1, 0.15) is 11.1 Å². The molecule has 2 heterocycles. The summed E-state index contributed by atoms with van der Waals surface area (Å²) in [5.74, 6) is -6.91. The zero-order valence-electron chi connectivity index (χ0n) is 15.3. The van der Waals surface area contributed by atoms with E-state index in [-0.39, 0.29) is 11.6 Å². The summed E-state index contributed by atoms with van der Waals surface area (Å²) in [6.45, 7) is 2.12. The first-order valence-corrected chi connectivity index (χ1v) is 17.4. The zero-order valence-corrected chi connectivity index (χ0v) is 21.0.